The number of hydrogen-bond donors (Lipinski definition) is 1. The van der Waals surface area contributed by atoms with Gasteiger partial charge in [0, 0.05) is 23.8 Å². The van der Waals surface area contributed by atoms with E-state index >= 15 is 0 Å². The first-order valence-corrected chi connectivity index (χ1v) is 9.76. The summed E-state index contributed by atoms with van der Waals surface area (Å²) in [5.41, 5.74) is 9.40. The molecule has 1 aliphatic heterocycles. The van der Waals surface area contributed by atoms with Gasteiger partial charge >= 0.3 is 0 Å². The number of hydrogen-bond acceptors (Lipinski definition) is 4. The summed E-state index contributed by atoms with van der Waals surface area (Å²) in [7, 11) is 0. The molecule has 0 bridgehead atoms. The number of fused-ring (bicyclic) bond motifs is 1. The van der Waals surface area contributed by atoms with Crippen molar-refractivity contribution in [1.82, 2.24) is 14.8 Å². The minimum atomic E-state index is -0.223. The second kappa shape index (κ2) is 8.43. The number of amides is 1. The zero-order chi connectivity index (χ0) is 19.8. The monoisotopic (exact) mass is 431 g/mol. The van der Waals surface area contributed by atoms with E-state index in [1.54, 1.807) is 15.6 Å². The topological polar surface area (TPSA) is 77.0 Å². The lowest BCUT2D eigenvalue weighted by molar-refractivity contribution is 0.0975. The number of nitrogens with two attached hydrogens (primary N) is 1. The van der Waals surface area contributed by atoms with Crippen molar-refractivity contribution < 1.29 is 4.79 Å². The van der Waals surface area contributed by atoms with E-state index in [2.05, 4.69) is 10.1 Å². The lowest BCUT2D eigenvalue weighted by Crippen LogP contribution is -2.36. The number of benzene rings is 2. The van der Waals surface area contributed by atoms with Crippen molar-refractivity contribution >= 4 is 41.3 Å². The van der Waals surface area contributed by atoms with Crippen LogP contribution in [0.5, 0.6) is 0 Å². The summed E-state index contributed by atoms with van der Waals surface area (Å²) in [6, 6.07) is 13.1. The first kappa shape index (κ1) is 21.1. The van der Waals surface area contributed by atoms with Crippen LogP contribution in [0.1, 0.15) is 48.2 Å². The van der Waals surface area contributed by atoms with Crippen molar-refractivity contribution in [1.29, 1.82) is 0 Å². The Bertz CT molecular complexity index is 1050. The fourth-order valence-corrected chi connectivity index (χ4v) is 3.79. The maximum absolute atomic E-state index is 13.3. The fraction of sp³-hybridized carbons (Fsp3) is 0.286. The molecule has 1 amide bonds. The van der Waals surface area contributed by atoms with E-state index in [1.807, 2.05) is 50.2 Å². The van der Waals surface area contributed by atoms with Gasteiger partial charge in [-0.25, -0.2) is 9.67 Å². The summed E-state index contributed by atoms with van der Waals surface area (Å²) >= 11 is 6.36. The number of aromatic nitrogens is 3. The Morgan fingerprint density at radius 3 is 2.59 bits per heavy atom. The van der Waals surface area contributed by atoms with E-state index in [0.29, 0.717) is 28.8 Å². The molecule has 4 rings (SSSR count). The number of carbonyl (C=O) groups is 1. The molecular formula is C21H23Cl2N5O. The van der Waals surface area contributed by atoms with Crippen molar-refractivity contribution in [3.63, 3.8) is 0 Å². The SMILES string of the molecule is CC(C)c1nc(C(=O)N2CCCc3c(N)cccc32)nn1-c1ccccc1Cl.Cl. The van der Waals surface area contributed by atoms with Crippen molar-refractivity contribution in [2.45, 2.75) is 32.6 Å². The van der Waals surface area contributed by atoms with Gasteiger partial charge in [0.2, 0.25) is 5.82 Å². The van der Waals surface area contributed by atoms with Gasteiger partial charge in [-0.3, -0.25) is 4.79 Å². The first-order valence-electron chi connectivity index (χ1n) is 9.38. The predicted molar refractivity (Wildman–Crippen MR) is 119 cm³/mol. The van der Waals surface area contributed by atoms with Crippen LogP contribution >= 0.6 is 24.0 Å². The fourth-order valence-electron chi connectivity index (χ4n) is 3.57. The van der Waals surface area contributed by atoms with E-state index < -0.39 is 0 Å². The summed E-state index contributed by atoms with van der Waals surface area (Å²) in [6.07, 6.45) is 1.72. The predicted octanol–water partition coefficient (Wildman–Crippen LogP) is 4.64. The molecule has 2 aromatic carbocycles. The normalized spacial score (nSPS) is 13.2. The molecular weight excluding hydrogens is 409 g/mol. The molecule has 0 saturated heterocycles. The highest BCUT2D eigenvalue weighted by Gasteiger charge is 2.29. The van der Waals surface area contributed by atoms with Crippen molar-refractivity contribution in [3.8, 4) is 5.69 Å². The molecule has 0 atom stereocenters. The van der Waals surface area contributed by atoms with Crippen LogP contribution in [0, 0.1) is 0 Å². The minimum Gasteiger partial charge on any atom is -0.398 e. The zero-order valence-electron chi connectivity index (χ0n) is 16.3. The molecule has 6 nitrogen and oxygen atoms in total. The Morgan fingerprint density at radius 2 is 1.86 bits per heavy atom. The average Bonchev–Trinajstić information content (AvgIpc) is 3.13. The maximum Gasteiger partial charge on any atom is 0.297 e. The van der Waals surface area contributed by atoms with Gasteiger partial charge in [0.15, 0.2) is 0 Å². The summed E-state index contributed by atoms with van der Waals surface area (Å²) in [5, 5.41) is 5.09. The lowest BCUT2D eigenvalue weighted by Gasteiger charge is -2.29. The smallest absolute Gasteiger partial charge is 0.297 e. The highest BCUT2D eigenvalue weighted by atomic mass is 35.5. The molecule has 2 N–H and O–H groups in total. The van der Waals surface area contributed by atoms with Gasteiger partial charge in [0.1, 0.15) is 5.82 Å². The third kappa shape index (κ3) is 3.82. The zero-order valence-corrected chi connectivity index (χ0v) is 17.9. The number of anilines is 2. The Morgan fingerprint density at radius 1 is 1.14 bits per heavy atom. The first-order chi connectivity index (χ1) is 13.5. The van der Waals surface area contributed by atoms with E-state index in [1.165, 1.54) is 0 Å². The molecule has 1 aliphatic rings. The average molecular weight is 432 g/mol. The van der Waals surface area contributed by atoms with Gasteiger partial charge in [0.05, 0.1) is 10.7 Å². The molecule has 0 unspecified atom stereocenters. The van der Waals surface area contributed by atoms with Crippen molar-refractivity contribution in [2.75, 3.05) is 17.2 Å². The van der Waals surface area contributed by atoms with Gasteiger partial charge in [-0.2, -0.15) is 0 Å². The molecule has 152 valence electrons. The molecule has 29 heavy (non-hydrogen) atoms. The Kier molecular flexibility index (Phi) is 6.15. The molecule has 2 heterocycles. The Hall–Kier alpha value is -2.57. The van der Waals surface area contributed by atoms with Crippen molar-refractivity contribution in [2.24, 2.45) is 0 Å². The third-order valence-electron chi connectivity index (χ3n) is 4.95. The van der Waals surface area contributed by atoms with Gasteiger partial charge in [-0.15, -0.1) is 17.5 Å². The van der Waals surface area contributed by atoms with E-state index in [0.717, 1.165) is 24.1 Å². The quantitative estimate of drug-likeness (QED) is 0.612. The maximum atomic E-state index is 13.3. The van der Waals surface area contributed by atoms with Gasteiger partial charge < -0.3 is 10.6 Å². The minimum absolute atomic E-state index is 0. The standard InChI is InChI=1S/C21H22ClN5O.ClH/c1-13(2)20-24-19(25-27(20)18-10-4-3-8-15(18)22)21(28)26-12-6-7-14-16(23)9-5-11-17(14)26;/h3-5,8-11,13H,6-7,12,23H2,1-2H3;1H. The van der Waals surface area contributed by atoms with Crippen LogP contribution in [0.3, 0.4) is 0 Å². The van der Waals surface area contributed by atoms with Crippen LogP contribution < -0.4 is 10.6 Å². The summed E-state index contributed by atoms with van der Waals surface area (Å²) in [6.45, 7) is 4.65. The summed E-state index contributed by atoms with van der Waals surface area (Å²) in [5.74, 6) is 0.717. The molecule has 1 aromatic heterocycles. The highest BCUT2D eigenvalue weighted by Crippen LogP contribution is 2.32. The number of nitrogens with zero attached hydrogens (tertiary/aromatic N) is 4. The summed E-state index contributed by atoms with van der Waals surface area (Å²) in [4.78, 5) is 19.6. The second-order valence-electron chi connectivity index (χ2n) is 7.22. The van der Waals surface area contributed by atoms with Crippen LogP contribution in [0.25, 0.3) is 5.69 Å². The van der Waals surface area contributed by atoms with E-state index in [4.69, 9.17) is 17.3 Å². The largest absolute Gasteiger partial charge is 0.398 e. The number of para-hydroxylation sites is 1. The number of carbonyl (C=O) groups excluding carboxylic acids is 1. The van der Waals surface area contributed by atoms with Crippen LogP contribution in [0.2, 0.25) is 5.02 Å². The van der Waals surface area contributed by atoms with Crippen LogP contribution in [-0.4, -0.2) is 27.2 Å². The molecule has 3 aromatic rings. The lowest BCUT2D eigenvalue weighted by atomic mass is 10.00. The number of rotatable bonds is 3. The van der Waals surface area contributed by atoms with Crippen molar-refractivity contribution in [3.05, 3.63) is 64.7 Å². The molecule has 0 saturated carbocycles. The van der Waals surface area contributed by atoms with Crippen LogP contribution in [0.15, 0.2) is 42.5 Å². The molecule has 0 radical (unpaired) electrons. The van der Waals surface area contributed by atoms with Gasteiger partial charge in [0.25, 0.3) is 5.91 Å². The number of halogens is 2. The van der Waals surface area contributed by atoms with E-state index in [9.17, 15) is 4.79 Å². The third-order valence-corrected chi connectivity index (χ3v) is 5.27. The Balaban J connectivity index is 0.00000240. The molecule has 0 fully saturated rings. The van der Waals surface area contributed by atoms with Crippen LogP contribution in [0.4, 0.5) is 11.4 Å². The summed E-state index contributed by atoms with van der Waals surface area (Å²) < 4.78 is 1.67. The molecule has 8 heteroatoms. The molecule has 0 aliphatic carbocycles. The number of nitrogen functional groups attached to an aromatic ring is 1. The Labute approximate surface area is 181 Å². The van der Waals surface area contributed by atoms with Crippen LogP contribution in [-0.2, 0) is 6.42 Å². The van der Waals surface area contributed by atoms with Gasteiger partial charge in [-0.05, 0) is 42.7 Å². The molecule has 0 spiro atoms. The van der Waals surface area contributed by atoms with E-state index in [-0.39, 0.29) is 30.1 Å². The highest BCUT2D eigenvalue weighted by molar-refractivity contribution is 6.32. The second-order valence-corrected chi connectivity index (χ2v) is 7.62. The van der Waals surface area contributed by atoms with Gasteiger partial charge in [-0.1, -0.05) is 43.6 Å².